The number of halogens is 7. The van der Waals surface area contributed by atoms with Crippen LogP contribution in [0.3, 0.4) is 0 Å². The van der Waals surface area contributed by atoms with Gasteiger partial charge < -0.3 is 15.5 Å². The van der Waals surface area contributed by atoms with Gasteiger partial charge in [-0.25, -0.2) is 14.6 Å². The van der Waals surface area contributed by atoms with E-state index in [-0.39, 0.29) is 5.95 Å². The van der Waals surface area contributed by atoms with Gasteiger partial charge in [-0.1, -0.05) is 6.07 Å². The lowest BCUT2D eigenvalue weighted by Crippen LogP contribution is -2.40. The van der Waals surface area contributed by atoms with Crippen LogP contribution >= 0.6 is 0 Å². The maximum Gasteiger partial charge on any atom is 0.490 e. The van der Waals surface area contributed by atoms with Crippen LogP contribution in [0.4, 0.5) is 30.7 Å². The van der Waals surface area contributed by atoms with Gasteiger partial charge in [-0.2, -0.15) is 30.7 Å². The molecule has 3 N–H and O–H groups in total. The van der Waals surface area contributed by atoms with Crippen molar-refractivity contribution in [3.05, 3.63) is 29.8 Å². The van der Waals surface area contributed by atoms with Crippen molar-refractivity contribution in [2.24, 2.45) is 0 Å². The molecule has 1 saturated heterocycles. The molecule has 0 aliphatic carbocycles. The maximum absolute atomic E-state index is 12.6. The quantitative estimate of drug-likeness (QED) is 0.510. The molecular weight excluding hydrogens is 369 g/mol. The van der Waals surface area contributed by atoms with Crippen LogP contribution in [-0.2, 0) is 9.59 Å². The lowest BCUT2D eigenvalue weighted by Gasteiger charge is -2.26. The molecule has 0 unspecified atom stereocenters. The SMILES string of the molecule is Fc1cccc(C2CNC2)n1.O=C(O)C(F)(F)F.O=C(O)C(F)(F)F. The highest BCUT2D eigenvalue weighted by Gasteiger charge is 2.38. The molecule has 0 atom stereocenters. The number of nitrogens with one attached hydrogen (secondary N) is 1. The predicted molar refractivity (Wildman–Crippen MR) is 67.2 cm³/mol. The van der Waals surface area contributed by atoms with E-state index in [1.807, 2.05) is 6.07 Å². The van der Waals surface area contributed by atoms with Crippen LogP contribution in [0.1, 0.15) is 11.6 Å². The summed E-state index contributed by atoms with van der Waals surface area (Å²) in [5, 5.41) is 17.4. The number of rotatable bonds is 1. The van der Waals surface area contributed by atoms with Crippen molar-refractivity contribution < 1.29 is 50.5 Å². The van der Waals surface area contributed by atoms with Crippen LogP contribution in [0.2, 0.25) is 0 Å². The van der Waals surface area contributed by atoms with Gasteiger partial charge in [-0.15, -0.1) is 0 Å². The van der Waals surface area contributed by atoms with E-state index in [9.17, 15) is 30.7 Å². The molecule has 142 valence electrons. The smallest absolute Gasteiger partial charge is 0.475 e. The molecule has 1 aromatic heterocycles. The van der Waals surface area contributed by atoms with Gasteiger partial charge in [0.25, 0.3) is 0 Å². The normalized spacial score (nSPS) is 14.2. The van der Waals surface area contributed by atoms with Crippen LogP contribution in [-0.4, -0.2) is 52.6 Å². The number of hydrogen-bond acceptors (Lipinski definition) is 4. The fourth-order valence-corrected chi connectivity index (χ4v) is 1.15. The lowest BCUT2D eigenvalue weighted by atomic mass is 9.99. The molecular formula is C12H11F7N2O4. The third-order valence-corrected chi connectivity index (χ3v) is 2.42. The molecule has 25 heavy (non-hydrogen) atoms. The van der Waals surface area contributed by atoms with Crippen molar-refractivity contribution in [1.82, 2.24) is 10.3 Å². The first kappa shape index (κ1) is 22.6. The second-order valence-electron chi connectivity index (χ2n) is 4.35. The molecule has 0 amide bonds. The molecule has 1 aliphatic rings. The van der Waals surface area contributed by atoms with E-state index >= 15 is 0 Å². The Labute approximate surface area is 135 Å². The Bertz CT molecular complexity index is 562. The first-order valence-electron chi connectivity index (χ1n) is 6.18. The van der Waals surface area contributed by atoms with Gasteiger partial charge in [0.15, 0.2) is 0 Å². The summed E-state index contributed by atoms with van der Waals surface area (Å²) in [6, 6.07) is 4.94. The van der Waals surface area contributed by atoms with Crippen molar-refractivity contribution in [2.75, 3.05) is 13.1 Å². The van der Waals surface area contributed by atoms with E-state index in [0.29, 0.717) is 5.92 Å². The Kier molecular flexibility index (Phi) is 8.26. The highest BCUT2D eigenvalue weighted by atomic mass is 19.4. The summed E-state index contributed by atoms with van der Waals surface area (Å²) in [4.78, 5) is 21.6. The second-order valence-corrected chi connectivity index (χ2v) is 4.35. The average Bonchev–Trinajstić information content (AvgIpc) is 2.35. The minimum absolute atomic E-state index is 0.380. The van der Waals surface area contributed by atoms with Gasteiger partial charge in [0.1, 0.15) is 0 Å². The van der Waals surface area contributed by atoms with Crippen molar-refractivity contribution in [3.8, 4) is 0 Å². The first-order chi connectivity index (χ1) is 11.2. The number of carbonyl (C=O) groups is 2. The van der Waals surface area contributed by atoms with Crippen LogP contribution < -0.4 is 5.32 Å². The number of hydrogen-bond donors (Lipinski definition) is 3. The molecule has 0 saturated carbocycles. The molecule has 2 rings (SSSR count). The fourth-order valence-electron chi connectivity index (χ4n) is 1.15. The number of aromatic nitrogens is 1. The number of carboxylic acids is 2. The van der Waals surface area contributed by atoms with E-state index in [1.165, 1.54) is 6.07 Å². The van der Waals surface area contributed by atoms with Gasteiger partial charge in [-0.05, 0) is 12.1 Å². The first-order valence-corrected chi connectivity index (χ1v) is 6.18. The van der Waals surface area contributed by atoms with E-state index in [4.69, 9.17) is 19.8 Å². The number of aliphatic carboxylic acids is 2. The summed E-state index contributed by atoms with van der Waals surface area (Å²) in [6.07, 6.45) is -10.2. The van der Waals surface area contributed by atoms with E-state index in [0.717, 1.165) is 18.8 Å². The minimum Gasteiger partial charge on any atom is -0.475 e. The summed E-state index contributed by atoms with van der Waals surface area (Å²) >= 11 is 0. The summed E-state index contributed by atoms with van der Waals surface area (Å²) < 4.78 is 76.0. The van der Waals surface area contributed by atoms with Crippen LogP contribution in [0.25, 0.3) is 0 Å². The average molecular weight is 380 g/mol. The van der Waals surface area contributed by atoms with Gasteiger partial charge in [0.05, 0.1) is 0 Å². The highest BCUT2D eigenvalue weighted by Crippen LogP contribution is 2.17. The number of pyridine rings is 1. The van der Waals surface area contributed by atoms with Gasteiger partial charge in [0, 0.05) is 24.7 Å². The third-order valence-electron chi connectivity index (χ3n) is 2.42. The van der Waals surface area contributed by atoms with Gasteiger partial charge >= 0.3 is 24.3 Å². The minimum atomic E-state index is -5.08. The van der Waals surface area contributed by atoms with Crippen LogP contribution in [0.5, 0.6) is 0 Å². The molecule has 1 aliphatic heterocycles. The Morgan fingerprint density at radius 2 is 1.40 bits per heavy atom. The zero-order valence-corrected chi connectivity index (χ0v) is 12.0. The molecule has 2 heterocycles. The Morgan fingerprint density at radius 3 is 1.64 bits per heavy atom. The molecule has 0 aromatic carbocycles. The van der Waals surface area contributed by atoms with Crippen molar-refractivity contribution in [2.45, 2.75) is 18.3 Å². The fraction of sp³-hybridized carbons (Fsp3) is 0.417. The molecule has 0 spiro atoms. The summed E-state index contributed by atoms with van der Waals surface area (Å²) in [5.74, 6) is -5.47. The van der Waals surface area contributed by atoms with E-state index < -0.39 is 24.3 Å². The Hall–Kier alpha value is -2.44. The van der Waals surface area contributed by atoms with Crippen molar-refractivity contribution in [3.63, 3.8) is 0 Å². The summed E-state index contributed by atoms with van der Waals surface area (Å²) in [5.41, 5.74) is 0.865. The maximum atomic E-state index is 12.6. The highest BCUT2D eigenvalue weighted by molar-refractivity contribution is 5.73. The number of nitrogens with zero attached hydrogens (tertiary/aromatic N) is 1. The van der Waals surface area contributed by atoms with E-state index in [1.54, 1.807) is 6.07 Å². The van der Waals surface area contributed by atoms with E-state index in [2.05, 4.69) is 10.3 Å². The Balaban J connectivity index is 0.000000366. The zero-order chi connectivity index (χ0) is 19.8. The largest absolute Gasteiger partial charge is 0.490 e. The van der Waals surface area contributed by atoms with Gasteiger partial charge in [0.2, 0.25) is 5.95 Å². The standard InChI is InChI=1S/C8H9FN2.2C2HF3O2/c9-8-3-1-2-7(11-8)6-4-10-5-6;2*3-2(4,5)1(6)7/h1-3,6,10H,4-5H2;2*(H,6,7). The third kappa shape index (κ3) is 9.44. The molecule has 6 nitrogen and oxygen atoms in total. The molecule has 1 fully saturated rings. The number of alkyl halides is 6. The monoisotopic (exact) mass is 380 g/mol. The number of carboxylic acid groups (broad SMARTS) is 2. The molecule has 1 aromatic rings. The van der Waals surface area contributed by atoms with Crippen molar-refractivity contribution in [1.29, 1.82) is 0 Å². The molecule has 0 bridgehead atoms. The second kappa shape index (κ2) is 9.15. The summed E-state index contributed by atoms with van der Waals surface area (Å²) in [7, 11) is 0. The Morgan fingerprint density at radius 1 is 1.00 bits per heavy atom. The summed E-state index contributed by atoms with van der Waals surface area (Å²) in [6.45, 7) is 1.85. The van der Waals surface area contributed by atoms with Crippen LogP contribution in [0.15, 0.2) is 18.2 Å². The van der Waals surface area contributed by atoms with Gasteiger partial charge in [-0.3, -0.25) is 0 Å². The van der Waals surface area contributed by atoms with Crippen molar-refractivity contribution >= 4 is 11.9 Å². The lowest BCUT2D eigenvalue weighted by molar-refractivity contribution is -0.193. The predicted octanol–water partition coefficient (Wildman–Crippen LogP) is 2.17. The molecule has 0 radical (unpaired) electrons. The molecule has 13 heteroatoms. The topological polar surface area (TPSA) is 99.5 Å². The zero-order valence-electron chi connectivity index (χ0n) is 12.0. The van der Waals surface area contributed by atoms with Crippen LogP contribution in [0, 0.1) is 5.95 Å².